The standard InChI is InChI=1S/C27H20ClN3O6S4/c28-19(14-18-6-8-20(9-7-18)31(35)36)16-22-25(34)30(27(39)41-22)12-13-37-23(32)10-11-29-24(33)21(40-26(29)38)15-17-4-2-1-3-5-17/h1-9,14-16H,10-13H2/b19-14+,21-15+,22-16+. The summed E-state index contributed by atoms with van der Waals surface area (Å²) in [7, 11) is 0. The fraction of sp³-hybridized carbons (Fsp3) is 0.148. The zero-order valence-corrected chi connectivity index (χ0v) is 25.1. The molecule has 0 unspecified atom stereocenters. The van der Waals surface area contributed by atoms with Crippen LogP contribution >= 0.6 is 59.6 Å². The number of rotatable bonds is 10. The first-order valence-electron chi connectivity index (χ1n) is 12.0. The molecule has 0 saturated carbocycles. The number of nitro groups is 1. The van der Waals surface area contributed by atoms with Crippen LogP contribution in [0.3, 0.4) is 0 Å². The number of amides is 2. The van der Waals surface area contributed by atoms with Crippen molar-refractivity contribution in [1.82, 2.24) is 9.80 Å². The predicted molar refractivity (Wildman–Crippen MR) is 169 cm³/mol. The summed E-state index contributed by atoms with van der Waals surface area (Å²) in [5.74, 6) is -1.18. The van der Waals surface area contributed by atoms with E-state index in [9.17, 15) is 24.5 Å². The number of thioether (sulfide) groups is 2. The first-order valence-corrected chi connectivity index (χ1v) is 14.8. The van der Waals surface area contributed by atoms with E-state index >= 15 is 0 Å². The number of carbonyl (C=O) groups excluding carboxylic acids is 3. The number of halogens is 1. The Morgan fingerprint density at radius 1 is 0.927 bits per heavy atom. The first-order chi connectivity index (χ1) is 19.6. The van der Waals surface area contributed by atoms with E-state index in [0.29, 0.717) is 24.0 Å². The number of carbonyl (C=O) groups is 3. The molecule has 0 spiro atoms. The van der Waals surface area contributed by atoms with Crippen molar-refractivity contribution in [2.24, 2.45) is 0 Å². The lowest BCUT2D eigenvalue weighted by Crippen LogP contribution is -2.33. The number of esters is 1. The second kappa shape index (κ2) is 14.0. The highest BCUT2D eigenvalue weighted by molar-refractivity contribution is 8.27. The van der Waals surface area contributed by atoms with Crippen molar-refractivity contribution in [2.45, 2.75) is 6.42 Å². The quantitative estimate of drug-likeness (QED) is 0.104. The molecule has 2 aliphatic rings. The minimum atomic E-state index is -0.541. The number of allylic oxidation sites excluding steroid dienone is 2. The summed E-state index contributed by atoms with van der Waals surface area (Å²) in [5.41, 5.74) is 1.45. The normalized spacial score (nSPS) is 17.7. The van der Waals surface area contributed by atoms with E-state index in [4.69, 9.17) is 40.8 Å². The minimum Gasteiger partial charge on any atom is -0.464 e. The highest BCUT2D eigenvalue weighted by atomic mass is 35.5. The number of thiocarbonyl (C=S) groups is 2. The van der Waals surface area contributed by atoms with Gasteiger partial charge < -0.3 is 4.74 Å². The Hall–Kier alpha value is -3.36. The molecule has 2 saturated heterocycles. The summed E-state index contributed by atoms with van der Waals surface area (Å²) in [4.78, 5) is 51.6. The monoisotopic (exact) mass is 645 g/mol. The third kappa shape index (κ3) is 8.11. The van der Waals surface area contributed by atoms with Crippen LogP contribution in [0.25, 0.3) is 12.2 Å². The maximum atomic E-state index is 12.8. The van der Waals surface area contributed by atoms with Gasteiger partial charge in [0, 0.05) is 23.7 Å². The van der Waals surface area contributed by atoms with E-state index in [1.807, 2.05) is 30.3 Å². The summed E-state index contributed by atoms with van der Waals surface area (Å²) < 4.78 is 5.93. The van der Waals surface area contributed by atoms with Crippen LogP contribution < -0.4 is 0 Å². The van der Waals surface area contributed by atoms with Gasteiger partial charge in [0.25, 0.3) is 17.5 Å². The number of benzene rings is 2. The lowest BCUT2D eigenvalue weighted by molar-refractivity contribution is -0.384. The summed E-state index contributed by atoms with van der Waals surface area (Å²) >= 11 is 19.1. The molecule has 41 heavy (non-hydrogen) atoms. The van der Waals surface area contributed by atoms with E-state index in [1.165, 1.54) is 39.8 Å². The van der Waals surface area contributed by atoms with Crippen molar-refractivity contribution in [1.29, 1.82) is 0 Å². The van der Waals surface area contributed by atoms with Gasteiger partial charge in [0.1, 0.15) is 15.2 Å². The molecule has 2 fully saturated rings. The Kier molecular flexibility index (Phi) is 10.5. The largest absolute Gasteiger partial charge is 0.464 e. The van der Waals surface area contributed by atoms with Crippen LogP contribution in [0.4, 0.5) is 5.69 Å². The summed E-state index contributed by atoms with van der Waals surface area (Å²) in [5, 5.41) is 11.0. The number of hydrogen-bond acceptors (Lipinski definition) is 10. The molecule has 4 rings (SSSR count). The predicted octanol–water partition coefficient (Wildman–Crippen LogP) is 5.75. The summed E-state index contributed by atoms with van der Waals surface area (Å²) in [6.45, 7) is 0.0501. The van der Waals surface area contributed by atoms with Gasteiger partial charge in [-0.15, -0.1) is 0 Å². The molecule has 210 valence electrons. The number of nitrogens with zero attached hydrogens (tertiary/aromatic N) is 3. The Morgan fingerprint density at radius 3 is 2.20 bits per heavy atom. The fourth-order valence-electron chi connectivity index (χ4n) is 3.63. The molecule has 0 bridgehead atoms. The van der Waals surface area contributed by atoms with Gasteiger partial charge in [-0.25, -0.2) is 0 Å². The average molecular weight is 646 g/mol. The Balaban J connectivity index is 1.25. The summed E-state index contributed by atoms with van der Waals surface area (Å²) in [6, 6.07) is 15.2. The minimum absolute atomic E-state index is 0.0445. The lowest BCUT2D eigenvalue weighted by Gasteiger charge is -2.16. The molecule has 2 aromatic carbocycles. The van der Waals surface area contributed by atoms with Gasteiger partial charge in [-0.1, -0.05) is 89.9 Å². The lowest BCUT2D eigenvalue weighted by atomic mass is 10.2. The van der Waals surface area contributed by atoms with Crippen LogP contribution in [-0.4, -0.2) is 60.8 Å². The van der Waals surface area contributed by atoms with Gasteiger partial charge in [-0.2, -0.15) is 0 Å². The molecular formula is C27H20ClN3O6S4. The van der Waals surface area contributed by atoms with Crippen molar-refractivity contribution in [3.05, 3.63) is 96.8 Å². The Bertz CT molecular complexity index is 1510. The van der Waals surface area contributed by atoms with Crippen molar-refractivity contribution >= 4 is 104 Å². The van der Waals surface area contributed by atoms with E-state index < -0.39 is 10.9 Å². The molecule has 14 heteroatoms. The molecule has 0 radical (unpaired) electrons. The molecule has 2 aromatic rings. The number of hydrogen-bond donors (Lipinski definition) is 0. The third-order valence-electron chi connectivity index (χ3n) is 5.64. The maximum Gasteiger partial charge on any atom is 0.307 e. The SMILES string of the molecule is O=C(CCN1C(=O)/C(=C\c2ccccc2)SC1=S)OCCN1C(=O)/C(=C\C(Cl)=C/c2ccc([N+](=O)[O-])cc2)SC1=S. The smallest absolute Gasteiger partial charge is 0.307 e. The van der Waals surface area contributed by atoms with Gasteiger partial charge in [0.05, 0.1) is 27.7 Å². The zero-order valence-electron chi connectivity index (χ0n) is 21.1. The van der Waals surface area contributed by atoms with Crippen molar-refractivity contribution in [3.63, 3.8) is 0 Å². The highest BCUT2D eigenvalue weighted by Crippen LogP contribution is 2.34. The molecule has 9 nitrogen and oxygen atoms in total. The third-order valence-corrected chi connectivity index (χ3v) is 8.61. The fourth-order valence-corrected chi connectivity index (χ4v) is 6.54. The van der Waals surface area contributed by atoms with Crippen LogP contribution in [-0.2, 0) is 19.1 Å². The van der Waals surface area contributed by atoms with Gasteiger partial charge in [-0.05, 0) is 41.5 Å². The highest BCUT2D eigenvalue weighted by Gasteiger charge is 2.33. The zero-order chi connectivity index (χ0) is 29.5. The molecule has 2 aliphatic heterocycles. The summed E-state index contributed by atoms with van der Waals surface area (Å²) in [6.07, 6.45) is 4.72. The van der Waals surface area contributed by atoms with Crippen molar-refractivity contribution in [3.8, 4) is 0 Å². The van der Waals surface area contributed by atoms with Gasteiger partial charge in [-0.3, -0.25) is 34.3 Å². The molecule has 2 amide bonds. The molecule has 0 N–H and O–H groups in total. The number of ether oxygens (including phenoxy) is 1. The van der Waals surface area contributed by atoms with Crippen molar-refractivity contribution < 1.29 is 24.0 Å². The second-order valence-corrected chi connectivity index (χ2v) is 12.2. The maximum absolute atomic E-state index is 12.8. The van der Waals surface area contributed by atoms with Crippen LogP contribution in [0.5, 0.6) is 0 Å². The molecule has 2 heterocycles. The van der Waals surface area contributed by atoms with E-state index in [0.717, 1.165) is 17.3 Å². The van der Waals surface area contributed by atoms with E-state index in [2.05, 4.69) is 0 Å². The Morgan fingerprint density at radius 2 is 1.54 bits per heavy atom. The Labute approximate surface area is 259 Å². The molecule has 0 atom stereocenters. The molecular weight excluding hydrogens is 626 g/mol. The topological polar surface area (TPSA) is 110 Å². The van der Waals surface area contributed by atoms with Gasteiger partial charge in [0.15, 0.2) is 0 Å². The van der Waals surface area contributed by atoms with E-state index in [-0.39, 0.29) is 48.7 Å². The van der Waals surface area contributed by atoms with Crippen LogP contribution in [0.1, 0.15) is 17.5 Å². The first kappa shape index (κ1) is 30.6. The average Bonchev–Trinajstić information content (AvgIpc) is 3.36. The molecule has 0 aliphatic carbocycles. The van der Waals surface area contributed by atoms with E-state index in [1.54, 1.807) is 24.3 Å². The van der Waals surface area contributed by atoms with Crippen LogP contribution in [0.2, 0.25) is 0 Å². The van der Waals surface area contributed by atoms with Crippen LogP contribution in [0, 0.1) is 10.1 Å². The van der Waals surface area contributed by atoms with Gasteiger partial charge >= 0.3 is 5.97 Å². The number of non-ortho nitro benzene ring substituents is 1. The number of nitro benzene ring substituents is 1. The van der Waals surface area contributed by atoms with Crippen LogP contribution in [0.15, 0.2) is 75.5 Å². The molecule has 0 aromatic heterocycles. The van der Waals surface area contributed by atoms with Crippen molar-refractivity contribution in [2.75, 3.05) is 19.7 Å². The second-order valence-electron chi connectivity index (χ2n) is 8.43. The van der Waals surface area contributed by atoms with Gasteiger partial charge in [0.2, 0.25) is 0 Å².